The fourth-order valence-electron chi connectivity index (χ4n) is 3.07. The Morgan fingerprint density at radius 1 is 1.24 bits per heavy atom. The summed E-state index contributed by atoms with van der Waals surface area (Å²) in [6.07, 6.45) is 3.56. The van der Waals surface area contributed by atoms with Crippen molar-refractivity contribution in [2.45, 2.75) is 39.9 Å². The molecule has 0 aliphatic heterocycles. The lowest BCUT2D eigenvalue weighted by Crippen LogP contribution is -2.38. The van der Waals surface area contributed by atoms with Crippen molar-refractivity contribution in [1.82, 2.24) is 14.5 Å². The fraction of sp³-hybridized carbons (Fsp3) is 0.300. The van der Waals surface area contributed by atoms with E-state index in [2.05, 4.69) is 37.6 Å². The van der Waals surface area contributed by atoms with Crippen molar-refractivity contribution in [3.05, 3.63) is 64.5 Å². The minimum atomic E-state index is 0.107. The van der Waals surface area contributed by atoms with Crippen LogP contribution in [0.3, 0.4) is 0 Å². The van der Waals surface area contributed by atoms with Crippen LogP contribution in [0.15, 0.2) is 53.3 Å². The SMILES string of the molecule is Cc1c(Br)c2ccccc2n1CC(=O)N(Cc1cccnc1)C(C)C. The van der Waals surface area contributed by atoms with Crippen LogP contribution in [-0.2, 0) is 17.9 Å². The summed E-state index contributed by atoms with van der Waals surface area (Å²) < 4.78 is 3.14. The Morgan fingerprint density at radius 2 is 2.00 bits per heavy atom. The maximum Gasteiger partial charge on any atom is 0.243 e. The van der Waals surface area contributed by atoms with Gasteiger partial charge in [0, 0.05) is 46.0 Å². The van der Waals surface area contributed by atoms with E-state index in [1.165, 1.54) is 0 Å². The first-order valence-corrected chi connectivity index (χ1v) is 9.20. The van der Waals surface area contributed by atoms with Gasteiger partial charge in [0.05, 0.1) is 0 Å². The van der Waals surface area contributed by atoms with Gasteiger partial charge in [-0.25, -0.2) is 0 Å². The molecule has 3 rings (SSSR count). The fourth-order valence-corrected chi connectivity index (χ4v) is 3.61. The molecule has 0 bridgehead atoms. The molecule has 0 spiro atoms. The molecule has 0 saturated carbocycles. The van der Waals surface area contributed by atoms with Gasteiger partial charge in [-0.05, 0) is 54.4 Å². The lowest BCUT2D eigenvalue weighted by Gasteiger charge is -2.27. The van der Waals surface area contributed by atoms with Gasteiger partial charge in [-0.2, -0.15) is 0 Å². The number of carbonyl (C=O) groups is 1. The highest BCUT2D eigenvalue weighted by molar-refractivity contribution is 9.10. The van der Waals surface area contributed by atoms with Crippen LogP contribution in [0.25, 0.3) is 10.9 Å². The predicted octanol–water partition coefficient (Wildman–Crippen LogP) is 4.54. The van der Waals surface area contributed by atoms with Crippen molar-refractivity contribution in [1.29, 1.82) is 0 Å². The predicted molar refractivity (Wildman–Crippen MR) is 104 cm³/mol. The molecule has 3 aromatic rings. The number of carbonyl (C=O) groups excluding carboxylic acids is 1. The molecule has 130 valence electrons. The maximum atomic E-state index is 13.0. The number of benzene rings is 1. The zero-order chi connectivity index (χ0) is 18.0. The van der Waals surface area contributed by atoms with Crippen molar-refractivity contribution < 1.29 is 4.79 Å². The van der Waals surface area contributed by atoms with Crippen molar-refractivity contribution in [2.75, 3.05) is 0 Å². The number of pyridine rings is 1. The van der Waals surface area contributed by atoms with Gasteiger partial charge >= 0.3 is 0 Å². The third-order valence-electron chi connectivity index (χ3n) is 4.47. The first-order valence-electron chi connectivity index (χ1n) is 8.40. The maximum absolute atomic E-state index is 13.0. The molecule has 0 atom stereocenters. The number of hydrogen-bond donors (Lipinski definition) is 0. The van der Waals surface area contributed by atoms with Crippen molar-refractivity contribution in [3.8, 4) is 0 Å². The summed E-state index contributed by atoms with van der Waals surface area (Å²) in [7, 11) is 0. The second-order valence-corrected chi connectivity index (χ2v) is 7.27. The Morgan fingerprint density at radius 3 is 2.68 bits per heavy atom. The van der Waals surface area contributed by atoms with Crippen LogP contribution >= 0.6 is 15.9 Å². The number of nitrogens with zero attached hydrogens (tertiary/aromatic N) is 3. The average molecular weight is 400 g/mol. The molecular formula is C20H22BrN3O. The summed E-state index contributed by atoms with van der Waals surface area (Å²) in [4.78, 5) is 19.1. The van der Waals surface area contributed by atoms with Gasteiger partial charge in [0.2, 0.25) is 5.91 Å². The zero-order valence-electron chi connectivity index (χ0n) is 14.7. The quantitative estimate of drug-likeness (QED) is 0.631. The molecule has 0 aliphatic carbocycles. The van der Waals surface area contributed by atoms with Crippen LogP contribution in [0.5, 0.6) is 0 Å². The average Bonchev–Trinajstić information content (AvgIpc) is 2.85. The molecule has 1 aromatic carbocycles. The third kappa shape index (κ3) is 3.61. The topological polar surface area (TPSA) is 38.1 Å². The van der Waals surface area contributed by atoms with E-state index in [9.17, 15) is 4.79 Å². The van der Waals surface area contributed by atoms with Gasteiger partial charge < -0.3 is 9.47 Å². The zero-order valence-corrected chi connectivity index (χ0v) is 16.3. The second kappa shape index (κ2) is 7.40. The van der Waals surface area contributed by atoms with E-state index in [-0.39, 0.29) is 11.9 Å². The molecule has 25 heavy (non-hydrogen) atoms. The molecule has 0 saturated heterocycles. The van der Waals surface area contributed by atoms with Crippen LogP contribution in [0.1, 0.15) is 25.1 Å². The summed E-state index contributed by atoms with van der Waals surface area (Å²) in [6, 6.07) is 12.2. The highest BCUT2D eigenvalue weighted by Crippen LogP contribution is 2.30. The van der Waals surface area contributed by atoms with Crippen LogP contribution in [0, 0.1) is 6.92 Å². The molecule has 0 unspecified atom stereocenters. The number of aromatic nitrogens is 2. The summed E-state index contributed by atoms with van der Waals surface area (Å²) in [5.41, 5.74) is 3.18. The van der Waals surface area contributed by atoms with E-state index in [1.54, 1.807) is 6.20 Å². The smallest absolute Gasteiger partial charge is 0.243 e. The monoisotopic (exact) mass is 399 g/mol. The normalized spacial score (nSPS) is 11.2. The first-order chi connectivity index (χ1) is 12.0. The molecule has 5 heteroatoms. The van der Waals surface area contributed by atoms with Crippen LogP contribution < -0.4 is 0 Å². The lowest BCUT2D eigenvalue weighted by molar-refractivity contribution is -0.134. The van der Waals surface area contributed by atoms with E-state index >= 15 is 0 Å². The molecule has 0 aliphatic rings. The van der Waals surface area contributed by atoms with E-state index in [1.807, 2.05) is 56.1 Å². The number of amides is 1. The number of halogens is 1. The summed E-state index contributed by atoms with van der Waals surface area (Å²) in [5.74, 6) is 0.107. The largest absolute Gasteiger partial charge is 0.334 e. The number of hydrogen-bond acceptors (Lipinski definition) is 2. The number of rotatable bonds is 5. The summed E-state index contributed by atoms with van der Waals surface area (Å²) in [5, 5.41) is 1.14. The standard InChI is InChI=1S/C20H22BrN3O/c1-14(2)23(12-16-7-6-10-22-11-16)19(25)13-24-15(3)20(21)17-8-4-5-9-18(17)24/h4-11,14H,12-13H2,1-3H3. The van der Waals surface area contributed by atoms with Gasteiger partial charge in [0.25, 0.3) is 0 Å². The minimum Gasteiger partial charge on any atom is -0.334 e. The highest BCUT2D eigenvalue weighted by atomic mass is 79.9. The number of para-hydroxylation sites is 1. The van der Waals surface area contributed by atoms with Crippen LogP contribution in [0.4, 0.5) is 0 Å². The molecule has 0 fully saturated rings. The van der Waals surface area contributed by atoms with Gasteiger partial charge in [-0.15, -0.1) is 0 Å². The van der Waals surface area contributed by atoms with Gasteiger partial charge in [-0.1, -0.05) is 24.3 Å². The molecule has 4 nitrogen and oxygen atoms in total. The third-order valence-corrected chi connectivity index (χ3v) is 5.47. The summed E-state index contributed by atoms with van der Waals surface area (Å²) >= 11 is 3.66. The molecule has 2 heterocycles. The Balaban J connectivity index is 1.88. The van der Waals surface area contributed by atoms with E-state index in [0.717, 1.165) is 26.6 Å². The van der Waals surface area contributed by atoms with Gasteiger partial charge in [0.15, 0.2) is 0 Å². The highest BCUT2D eigenvalue weighted by Gasteiger charge is 2.20. The second-order valence-electron chi connectivity index (χ2n) is 6.48. The Labute approximate surface area is 156 Å². The number of fused-ring (bicyclic) bond motifs is 1. The molecule has 0 radical (unpaired) electrons. The molecule has 1 amide bonds. The molecule has 2 aromatic heterocycles. The summed E-state index contributed by atoms with van der Waals surface area (Å²) in [6.45, 7) is 7.04. The minimum absolute atomic E-state index is 0.107. The Bertz CT molecular complexity index is 887. The van der Waals surface area contributed by atoms with Crippen molar-refractivity contribution >= 4 is 32.7 Å². The molecule has 0 N–H and O–H groups in total. The Kier molecular flexibility index (Phi) is 5.23. The van der Waals surface area contributed by atoms with E-state index < -0.39 is 0 Å². The van der Waals surface area contributed by atoms with Crippen molar-refractivity contribution in [2.24, 2.45) is 0 Å². The van der Waals surface area contributed by atoms with Crippen LogP contribution in [-0.4, -0.2) is 26.4 Å². The van der Waals surface area contributed by atoms with Crippen molar-refractivity contribution in [3.63, 3.8) is 0 Å². The van der Waals surface area contributed by atoms with E-state index in [4.69, 9.17) is 0 Å². The Hall–Kier alpha value is -2.14. The van der Waals surface area contributed by atoms with Gasteiger partial charge in [0.1, 0.15) is 6.54 Å². The molecular weight excluding hydrogens is 378 g/mol. The van der Waals surface area contributed by atoms with Crippen LogP contribution in [0.2, 0.25) is 0 Å². The first kappa shape index (κ1) is 17.7. The lowest BCUT2D eigenvalue weighted by atomic mass is 10.2. The van der Waals surface area contributed by atoms with E-state index in [0.29, 0.717) is 13.1 Å². The van der Waals surface area contributed by atoms with Gasteiger partial charge in [-0.3, -0.25) is 9.78 Å².